The van der Waals surface area contributed by atoms with Crippen molar-refractivity contribution < 1.29 is 24.8 Å². The normalized spacial score (nSPS) is 28.7. The molecule has 1 rings (SSSR count). The summed E-state index contributed by atoms with van der Waals surface area (Å²) in [6, 6.07) is 0. The van der Waals surface area contributed by atoms with Crippen molar-refractivity contribution in [1.29, 1.82) is 0 Å². The summed E-state index contributed by atoms with van der Waals surface area (Å²) in [4.78, 5) is 0. The van der Waals surface area contributed by atoms with Crippen LogP contribution < -0.4 is 0 Å². The van der Waals surface area contributed by atoms with Crippen LogP contribution >= 0.6 is 0 Å². The topological polar surface area (TPSA) is 79.2 Å². The van der Waals surface area contributed by atoms with E-state index in [0.717, 1.165) is 12.8 Å². The summed E-state index contributed by atoms with van der Waals surface area (Å²) in [5, 5.41) is 28.2. The van der Waals surface area contributed by atoms with Crippen molar-refractivity contribution in [3.05, 3.63) is 0 Å². The number of hydrogen-bond donors (Lipinski definition) is 3. The van der Waals surface area contributed by atoms with Crippen molar-refractivity contribution in [3.8, 4) is 0 Å². The average Bonchev–Trinajstić information content (AvgIpc) is 2.78. The number of aliphatic hydroxyl groups excluding tert-OH is 3. The highest BCUT2D eigenvalue weighted by Crippen LogP contribution is 2.21. The predicted octanol–water partition coefficient (Wildman–Crippen LogP) is 0.845. The van der Waals surface area contributed by atoms with Gasteiger partial charge < -0.3 is 24.8 Å². The molecular formula is C14H28O5. The average molecular weight is 276 g/mol. The highest BCUT2D eigenvalue weighted by Gasteiger charge is 2.40. The molecule has 0 spiro atoms. The van der Waals surface area contributed by atoms with Crippen molar-refractivity contribution in [1.82, 2.24) is 0 Å². The van der Waals surface area contributed by atoms with Crippen molar-refractivity contribution in [3.63, 3.8) is 0 Å². The zero-order valence-electron chi connectivity index (χ0n) is 11.8. The molecule has 1 fully saturated rings. The zero-order valence-corrected chi connectivity index (χ0v) is 11.8. The van der Waals surface area contributed by atoms with Crippen molar-refractivity contribution in [2.45, 2.75) is 69.9 Å². The molecule has 0 bridgehead atoms. The van der Waals surface area contributed by atoms with E-state index < -0.39 is 24.4 Å². The summed E-state index contributed by atoms with van der Waals surface area (Å²) in [6.07, 6.45) is 4.20. The van der Waals surface area contributed by atoms with Crippen LogP contribution in [0.1, 0.15) is 45.4 Å². The summed E-state index contributed by atoms with van der Waals surface area (Å²) < 4.78 is 10.9. The molecule has 19 heavy (non-hydrogen) atoms. The third kappa shape index (κ3) is 5.75. The van der Waals surface area contributed by atoms with E-state index in [-0.39, 0.29) is 13.2 Å². The molecule has 0 aromatic heterocycles. The number of ether oxygens (including phenoxy) is 2. The largest absolute Gasteiger partial charge is 0.394 e. The molecule has 1 heterocycles. The van der Waals surface area contributed by atoms with Crippen LogP contribution in [0.15, 0.2) is 0 Å². The summed E-state index contributed by atoms with van der Waals surface area (Å²) >= 11 is 0. The monoisotopic (exact) mass is 276 g/mol. The number of rotatable bonds is 10. The third-order valence-corrected chi connectivity index (χ3v) is 3.54. The molecule has 0 aromatic carbocycles. The summed E-state index contributed by atoms with van der Waals surface area (Å²) in [6.45, 7) is 2.53. The van der Waals surface area contributed by atoms with Gasteiger partial charge in [0.05, 0.1) is 13.2 Å². The Labute approximate surface area is 115 Å². The van der Waals surface area contributed by atoms with Crippen LogP contribution in [-0.2, 0) is 9.47 Å². The fraction of sp³-hybridized carbons (Fsp3) is 1.00. The Balaban J connectivity index is 2.15. The van der Waals surface area contributed by atoms with Gasteiger partial charge in [-0.3, -0.25) is 0 Å². The first kappa shape index (κ1) is 16.9. The fourth-order valence-corrected chi connectivity index (χ4v) is 2.36. The Kier molecular flexibility index (Phi) is 8.57. The van der Waals surface area contributed by atoms with Crippen LogP contribution in [0.2, 0.25) is 0 Å². The maximum Gasteiger partial charge on any atom is 0.114 e. The molecule has 114 valence electrons. The summed E-state index contributed by atoms with van der Waals surface area (Å²) in [5.74, 6) is 0. The van der Waals surface area contributed by atoms with E-state index in [2.05, 4.69) is 6.92 Å². The quantitative estimate of drug-likeness (QED) is 0.515. The SMILES string of the molecule is CCCCCCCCO[C@H]1[C@@H]([C@@H](O)CO)OC[C@H]1O. The third-order valence-electron chi connectivity index (χ3n) is 3.54. The second kappa shape index (κ2) is 9.66. The van der Waals surface area contributed by atoms with Crippen LogP contribution in [0.3, 0.4) is 0 Å². The highest BCUT2D eigenvalue weighted by molar-refractivity contribution is 4.89. The Morgan fingerprint density at radius 3 is 2.58 bits per heavy atom. The molecule has 1 saturated heterocycles. The highest BCUT2D eigenvalue weighted by atomic mass is 16.6. The van der Waals surface area contributed by atoms with Crippen LogP contribution in [0, 0.1) is 0 Å². The first-order valence-electron chi connectivity index (χ1n) is 7.40. The first-order chi connectivity index (χ1) is 9.20. The van der Waals surface area contributed by atoms with E-state index in [1.54, 1.807) is 0 Å². The van der Waals surface area contributed by atoms with Crippen LogP contribution in [0.5, 0.6) is 0 Å². The fourth-order valence-electron chi connectivity index (χ4n) is 2.36. The molecule has 4 atom stereocenters. The van der Waals surface area contributed by atoms with Gasteiger partial charge in [0.15, 0.2) is 0 Å². The number of aliphatic hydroxyl groups is 3. The Morgan fingerprint density at radius 2 is 1.89 bits per heavy atom. The molecular weight excluding hydrogens is 248 g/mol. The smallest absolute Gasteiger partial charge is 0.114 e. The summed E-state index contributed by atoms with van der Waals surface area (Å²) in [7, 11) is 0. The second-order valence-electron chi connectivity index (χ2n) is 5.22. The van der Waals surface area contributed by atoms with Gasteiger partial charge in [-0.1, -0.05) is 39.0 Å². The maximum atomic E-state index is 9.73. The number of unbranched alkanes of at least 4 members (excludes halogenated alkanes) is 5. The van der Waals surface area contributed by atoms with E-state index >= 15 is 0 Å². The molecule has 3 N–H and O–H groups in total. The lowest BCUT2D eigenvalue weighted by Crippen LogP contribution is -2.42. The second-order valence-corrected chi connectivity index (χ2v) is 5.22. The van der Waals surface area contributed by atoms with Gasteiger partial charge in [-0.25, -0.2) is 0 Å². The molecule has 0 aromatic rings. The Morgan fingerprint density at radius 1 is 1.21 bits per heavy atom. The van der Waals surface area contributed by atoms with Gasteiger partial charge >= 0.3 is 0 Å². The summed E-state index contributed by atoms with van der Waals surface area (Å²) in [5.41, 5.74) is 0. The minimum atomic E-state index is -0.994. The minimum Gasteiger partial charge on any atom is -0.394 e. The van der Waals surface area contributed by atoms with Gasteiger partial charge in [0, 0.05) is 6.61 Å². The molecule has 5 nitrogen and oxygen atoms in total. The van der Waals surface area contributed by atoms with E-state index in [0.29, 0.717) is 6.61 Å². The zero-order chi connectivity index (χ0) is 14.1. The van der Waals surface area contributed by atoms with Crippen LogP contribution in [-0.4, -0.2) is 59.6 Å². The van der Waals surface area contributed by atoms with Crippen molar-refractivity contribution >= 4 is 0 Å². The lowest BCUT2D eigenvalue weighted by Gasteiger charge is -2.23. The predicted molar refractivity (Wildman–Crippen MR) is 72.0 cm³/mol. The molecule has 0 saturated carbocycles. The standard InChI is InChI=1S/C14H28O5/c1-2-3-4-5-6-7-8-18-14-12(17)10-19-13(14)11(16)9-15/h11-17H,2-10H2,1H3/t11-,12+,13+,14+/m0/s1. The maximum absolute atomic E-state index is 9.73. The van der Waals surface area contributed by atoms with Gasteiger partial charge in [0.2, 0.25) is 0 Å². The first-order valence-corrected chi connectivity index (χ1v) is 7.40. The van der Waals surface area contributed by atoms with E-state index in [1.807, 2.05) is 0 Å². The van der Waals surface area contributed by atoms with E-state index in [1.165, 1.54) is 25.7 Å². The molecule has 1 aliphatic rings. The van der Waals surface area contributed by atoms with E-state index in [4.69, 9.17) is 14.6 Å². The Bertz CT molecular complexity index is 224. The van der Waals surface area contributed by atoms with E-state index in [9.17, 15) is 10.2 Å². The molecule has 0 aliphatic carbocycles. The van der Waals surface area contributed by atoms with Crippen LogP contribution in [0.25, 0.3) is 0 Å². The molecule has 5 heteroatoms. The van der Waals surface area contributed by atoms with Crippen molar-refractivity contribution in [2.75, 3.05) is 19.8 Å². The molecule has 0 amide bonds. The Hall–Kier alpha value is -0.200. The molecule has 1 aliphatic heterocycles. The van der Waals surface area contributed by atoms with Gasteiger partial charge in [-0.15, -0.1) is 0 Å². The molecule has 0 radical (unpaired) electrons. The molecule has 0 unspecified atom stereocenters. The number of hydrogen-bond acceptors (Lipinski definition) is 5. The van der Waals surface area contributed by atoms with Crippen LogP contribution in [0.4, 0.5) is 0 Å². The lowest BCUT2D eigenvalue weighted by molar-refractivity contribution is -0.0938. The van der Waals surface area contributed by atoms with Gasteiger partial charge in [0.1, 0.15) is 24.4 Å². The lowest BCUT2D eigenvalue weighted by atomic mass is 10.1. The minimum absolute atomic E-state index is 0.156. The van der Waals surface area contributed by atoms with Gasteiger partial charge in [0.25, 0.3) is 0 Å². The van der Waals surface area contributed by atoms with Gasteiger partial charge in [-0.2, -0.15) is 0 Å². The van der Waals surface area contributed by atoms with Gasteiger partial charge in [-0.05, 0) is 6.42 Å². The van der Waals surface area contributed by atoms with Crippen molar-refractivity contribution in [2.24, 2.45) is 0 Å².